The maximum absolute atomic E-state index is 12.4. The number of nitrogens with one attached hydrogen (secondary N) is 1. The highest BCUT2D eigenvalue weighted by Crippen LogP contribution is 2.13. The molecule has 0 spiro atoms. The Morgan fingerprint density at radius 1 is 1.21 bits per heavy atom. The van der Waals surface area contributed by atoms with Crippen molar-refractivity contribution >= 4 is 10.0 Å². The maximum atomic E-state index is 12.4. The van der Waals surface area contributed by atoms with Crippen molar-refractivity contribution in [2.75, 3.05) is 7.11 Å². The number of hydrogen-bond donors (Lipinski definition) is 1. The van der Waals surface area contributed by atoms with Gasteiger partial charge in [0.15, 0.2) is 0 Å². The van der Waals surface area contributed by atoms with Crippen molar-refractivity contribution in [3.8, 4) is 11.6 Å². The second kappa shape index (κ2) is 6.81. The van der Waals surface area contributed by atoms with Crippen LogP contribution in [0.1, 0.15) is 5.56 Å². The average molecular weight is 344 g/mol. The van der Waals surface area contributed by atoms with Crippen LogP contribution in [0.2, 0.25) is 0 Å². The summed E-state index contributed by atoms with van der Waals surface area (Å²) >= 11 is 0. The monoisotopic (exact) mass is 344 g/mol. The molecule has 24 heavy (non-hydrogen) atoms. The van der Waals surface area contributed by atoms with Crippen molar-refractivity contribution < 1.29 is 13.2 Å². The molecule has 1 aromatic carbocycles. The standard InChI is InChI=1S/C16H16N4O3S/c1-23-16-9-13(7-8-17-16)10-19-24(21,22)15-11-18-20(12-15)14-5-3-2-4-6-14/h2-9,11-12,19H,10H2,1H3. The number of sulfonamides is 1. The van der Waals surface area contributed by atoms with Gasteiger partial charge in [-0.25, -0.2) is 22.8 Å². The number of benzene rings is 1. The molecule has 0 aliphatic rings. The van der Waals surface area contributed by atoms with Gasteiger partial charge in [-0.2, -0.15) is 5.10 Å². The van der Waals surface area contributed by atoms with Gasteiger partial charge in [0.05, 0.1) is 25.2 Å². The van der Waals surface area contributed by atoms with E-state index in [2.05, 4.69) is 14.8 Å². The van der Waals surface area contributed by atoms with E-state index >= 15 is 0 Å². The lowest BCUT2D eigenvalue weighted by Crippen LogP contribution is -2.22. The summed E-state index contributed by atoms with van der Waals surface area (Å²) < 4.78 is 33.9. The summed E-state index contributed by atoms with van der Waals surface area (Å²) in [6.45, 7) is 0.137. The molecule has 2 heterocycles. The van der Waals surface area contributed by atoms with Crippen molar-refractivity contribution in [2.24, 2.45) is 0 Å². The smallest absolute Gasteiger partial charge is 0.244 e. The van der Waals surface area contributed by atoms with Crippen LogP contribution in [0.4, 0.5) is 0 Å². The highest BCUT2D eigenvalue weighted by molar-refractivity contribution is 7.89. The van der Waals surface area contributed by atoms with E-state index in [1.54, 1.807) is 18.3 Å². The Bertz CT molecular complexity index is 923. The minimum absolute atomic E-state index is 0.104. The molecule has 2 aromatic heterocycles. The number of para-hydroxylation sites is 1. The number of methoxy groups -OCH3 is 1. The van der Waals surface area contributed by atoms with Crippen molar-refractivity contribution in [3.05, 3.63) is 66.6 Å². The Morgan fingerprint density at radius 2 is 2.00 bits per heavy atom. The molecule has 124 valence electrons. The van der Waals surface area contributed by atoms with Crippen LogP contribution in [0.3, 0.4) is 0 Å². The van der Waals surface area contributed by atoms with Crippen LogP contribution in [0.25, 0.3) is 5.69 Å². The fraction of sp³-hybridized carbons (Fsp3) is 0.125. The fourth-order valence-corrected chi connectivity index (χ4v) is 3.05. The summed E-state index contributed by atoms with van der Waals surface area (Å²) in [5.41, 5.74) is 1.54. The molecule has 3 rings (SSSR count). The molecular weight excluding hydrogens is 328 g/mol. The Balaban J connectivity index is 1.75. The molecule has 3 aromatic rings. The molecule has 0 atom stereocenters. The predicted molar refractivity (Wildman–Crippen MR) is 88.4 cm³/mol. The first-order valence-corrected chi connectivity index (χ1v) is 8.65. The van der Waals surface area contributed by atoms with Gasteiger partial charge in [0.1, 0.15) is 4.90 Å². The SMILES string of the molecule is COc1cc(CNS(=O)(=O)c2cnn(-c3ccccc3)c2)ccn1. The van der Waals surface area contributed by atoms with Crippen LogP contribution in [-0.4, -0.2) is 30.3 Å². The number of rotatable bonds is 6. The summed E-state index contributed by atoms with van der Waals surface area (Å²) in [6, 6.07) is 12.7. The number of aromatic nitrogens is 3. The predicted octanol–water partition coefficient (Wildman–Crippen LogP) is 1.75. The van der Waals surface area contributed by atoms with Crippen LogP contribution in [0.15, 0.2) is 66.0 Å². The summed E-state index contributed by atoms with van der Waals surface area (Å²) in [4.78, 5) is 4.09. The van der Waals surface area contributed by atoms with Crippen LogP contribution >= 0.6 is 0 Å². The first kappa shape index (κ1) is 16.2. The molecule has 0 unspecified atom stereocenters. The Kier molecular flexibility index (Phi) is 4.59. The number of ether oxygens (including phenoxy) is 1. The molecule has 0 saturated carbocycles. The third-order valence-electron chi connectivity index (χ3n) is 3.36. The molecular formula is C16H16N4O3S. The van der Waals surface area contributed by atoms with Gasteiger partial charge in [-0.3, -0.25) is 0 Å². The lowest BCUT2D eigenvalue weighted by atomic mass is 10.3. The van der Waals surface area contributed by atoms with Gasteiger partial charge in [-0.1, -0.05) is 18.2 Å². The number of hydrogen-bond acceptors (Lipinski definition) is 5. The van der Waals surface area contributed by atoms with Gasteiger partial charge in [-0.05, 0) is 23.8 Å². The van der Waals surface area contributed by atoms with Crippen molar-refractivity contribution in [2.45, 2.75) is 11.4 Å². The van der Waals surface area contributed by atoms with E-state index in [0.717, 1.165) is 11.3 Å². The zero-order valence-corrected chi connectivity index (χ0v) is 13.8. The van der Waals surface area contributed by atoms with Gasteiger partial charge in [0, 0.05) is 18.8 Å². The minimum atomic E-state index is -3.66. The van der Waals surface area contributed by atoms with Gasteiger partial charge in [-0.15, -0.1) is 0 Å². The van der Waals surface area contributed by atoms with Gasteiger partial charge in [0.25, 0.3) is 0 Å². The summed E-state index contributed by atoms with van der Waals surface area (Å²) in [5.74, 6) is 0.434. The van der Waals surface area contributed by atoms with Crippen molar-refractivity contribution in [1.82, 2.24) is 19.5 Å². The van der Waals surface area contributed by atoms with Gasteiger partial charge < -0.3 is 4.74 Å². The third kappa shape index (κ3) is 3.61. The zero-order valence-electron chi connectivity index (χ0n) is 13.0. The average Bonchev–Trinajstić information content (AvgIpc) is 3.12. The quantitative estimate of drug-likeness (QED) is 0.736. The van der Waals surface area contributed by atoms with Crippen LogP contribution in [0, 0.1) is 0 Å². The topological polar surface area (TPSA) is 86.1 Å². The molecule has 0 aliphatic carbocycles. The minimum Gasteiger partial charge on any atom is -0.481 e. The lowest BCUT2D eigenvalue weighted by molar-refractivity contribution is 0.397. The summed E-state index contributed by atoms with van der Waals surface area (Å²) in [5, 5.41) is 4.10. The molecule has 8 heteroatoms. The Labute approximate surface area is 140 Å². The first-order chi connectivity index (χ1) is 11.6. The largest absolute Gasteiger partial charge is 0.481 e. The molecule has 0 radical (unpaired) electrons. The number of pyridine rings is 1. The second-order valence-electron chi connectivity index (χ2n) is 4.99. The van der Waals surface area contributed by atoms with E-state index in [1.165, 1.54) is 24.2 Å². The van der Waals surface area contributed by atoms with Crippen molar-refractivity contribution in [1.29, 1.82) is 0 Å². The normalized spacial score (nSPS) is 11.4. The van der Waals surface area contributed by atoms with Crippen LogP contribution in [-0.2, 0) is 16.6 Å². The second-order valence-corrected chi connectivity index (χ2v) is 6.75. The van der Waals surface area contributed by atoms with E-state index < -0.39 is 10.0 Å². The highest BCUT2D eigenvalue weighted by atomic mass is 32.2. The van der Waals surface area contributed by atoms with Gasteiger partial charge in [0.2, 0.25) is 15.9 Å². The van der Waals surface area contributed by atoms with Crippen LogP contribution in [0.5, 0.6) is 5.88 Å². The molecule has 1 N–H and O–H groups in total. The molecule has 0 amide bonds. The van der Waals surface area contributed by atoms with E-state index in [-0.39, 0.29) is 11.4 Å². The molecule has 0 saturated heterocycles. The molecule has 0 bridgehead atoms. The molecule has 0 fully saturated rings. The van der Waals surface area contributed by atoms with Crippen LogP contribution < -0.4 is 9.46 Å². The van der Waals surface area contributed by atoms with E-state index in [4.69, 9.17) is 4.74 Å². The Hall–Kier alpha value is -2.71. The van der Waals surface area contributed by atoms with Crippen molar-refractivity contribution in [3.63, 3.8) is 0 Å². The Morgan fingerprint density at radius 3 is 2.75 bits per heavy atom. The van der Waals surface area contributed by atoms with E-state index in [9.17, 15) is 8.42 Å². The molecule has 0 aliphatic heterocycles. The highest BCUT2D eigenvalue weighted by Gasteiger charge is 2.16. The zero-order chi connectivity index (χ0) is 17.0. The van der Waals surface area contributed by atoms with E-state index in [0.29, 0.717) is 5.88 Å². The fourth-order valence-electron chi connectivity index (χ4n) is 2.10. The van der Waals surface area contributed by atoms with E-state index in [1.807, 2.05) is 30.3 Å². The first-order valence-electron chi connectivity index (χ1n) is 7.17. The molecule has 7 nitrogen and oxygen atoms in total. The number of nitrogens with zero attached hydrogens (tertiary/aromatic N) is 3. The maximum Gasteiger partial charge on any atom is 0.244 e. The summed E-state index contributed by atoms with van der Waals surface area (Å²) in [6.07, 6.45) is 4.36. The van der Waals surface area contributed by atoms with Gasteiger partial charge >= 0.3 is 0 Å². The third-order valence-corrected chi connectivity index (χ3v) is 4.72. The summed E-state index contributed by atoms with van der Waals surface area (Å²) in [7, 11) is -2.15. The lowest BCUT2D eigenvalue weighted by Gasteiger charge is -2.06.